The molecule has 1 aliphatic rings. The number of fused-ring (bicyclic) bond motifs is 3. The van der Waals surface area contributed by atoms with Crippen molar-refractivity contribution in [1.82, 2.24) is 9.88 Å². The van der Waals surface area contributed by atoms with E-state index in [2.05, 4.69) is 68.9 Å². The fraction of sp³-hybridized carbons (Fsp3) is 0.690. The lowest BCUT2D eigenvalue weighted by molar-refractivity contribution is -0.107. The number of H-pyrrole nitrogens is 1. The highest BCUT2D eigenvalue weighted by Crippen LogP contribution is 2.27. The van der Waals surface area contributed by atoms with E-state index >= 15 is 0 Å². The zero-order valence-electron chi connectivity index (χ0n) is 21.7. The summed E-state index contributed by atoms with van der Waals surface area (Å²) in [4.78, 5) is 16.0. The average Bonchev–Trinajstić information content (AvgIpc) is 3.14. The first-order valence-corrected chi connectivity index (χ1v) is 13.3. The minimum Gasteiger partial charge on any atom is -0.357 e. The highest BCUT2D eigenvalue weighted by Gasteiger charge is 2.18. The number of aldehydes is 1. The molecular formula is C29H50N2O. The maximum Gasteiger partial charge on any atom is 0.119 e. The third kappa shape index (κ3) is 10.8. The largest absolute Gasteiger partial charge is 0.357 e. The van der Waals surface area contributed by atoms with E-state index in [1.54, 1.807) is 5.56 Å². The molecule has 0 bridgehead atoms. The number of aromatic amines is 1. The molecule has 3 heteroatoms. The van der Waals surface area contributed by atoms with Gasteiger partial charge < -0.3 is 9.78 Å². The minimum atomic E-state index is 0.689. The predicted octanol–water partition coefficient (Wildman–Crippen LogP) is 8.46. The monoisotopic (exact) mass is 442 g/mol. The Balaban J connectivity index is 0.000000296. The van der Waals surface area contributed by atoms with Gasteiger partial charge in [-0.15, -0.1) is 0 Å². The topological polar surface area (TPSA) is 36.1 Å². The number of aromatic nitrogens is 1. The van der Waals surface area contributed by atoms with Gasteiger partial charge in [0.25, 0.3) is 0 Å². The van der Waals surface area contributed by atoms with E-state index in [9.17, 15) is 4.79 Å². The number of benzene rings is 1. The molecule has 32 heavy (non-hydrogen) atoms. The van der Waals surface area contributed by atoms with Crippen LogP contribution in [-0.2, 0) is 17.8 Å². The molecule has 0 saturated carbocycles. The number of aryl methyl sites for hydroxylation is 1. The summed E-state index contributed by atoms with van der Waals surface area (Å²) in [5, 5.41) is 1.42. The third-order valence-corrected chi connectivity index (χ3v) is 6.54. The second-order valence-corrected chi connectivity index (χ2v) is 9.36. The SMILES string of the molecule is CC1CCCc2c([nH]c3ccccc23)CN1C.CCCC.CCCCCCCCCC=O. The number of nitrogens with zero attached hydrogens (tertiary/aromatic N) is 1. The quantitative estimate of drug-likeness (QED) is 0.312. The first kappa shape index (κ1) is 28.4. The second-order valence-electron chi connectivity index (χ2n) is 9.36. The number of hydrogen-bond acceptors (Lipinski definition) is 2. The molecule has 2 aromatic rings. The van der Waals surface area contributed by atoms with Crippen molar-refractivity contribution < 1.29 is 4.79 Å². The normalized spacial score (nSPS) is 16.1. The van der Waals surface area contributed by atoms with Crippen molar-refractivity contribution in [1.29, 1.82) is 0 Å². The smallest absolute Gasteiger partial charge is 0.119 e. The van der Waals surface area contributed by atoms with Gasteiger partial charge in [0.05, 0.1) is 0 Å². The van der Waals surface area contributed by atoms with E-state index in [0.717, 1.165) is 25.7 Å². The molecule has 1 aromatic carbocycles. The molecule has 182 valence electrons. The van der Waals surface area contributed by atoms with Crippen molar-refractivity contribution in [2.75, 3.05) is 7.05 Å². The molecule has 3 rings (SSSR count). The lowest BCUT2D eigenvalue weighted by atomic mass is 9.99. The number of hydrogen-bond donors (Lipinski definition) is 1. The van der Waals surface area contributed by atoms with Crippen LogP contribution in [0.1, 0.15) is 116 Å². The van der Waals surface area contributed by atoms with Gasteiger partial charge in [0, 0.05) is 35.6 Å². The highest BCUT2D eigenvalue weighted by molar-refractivity contribution is 5.84. The predicted molar refractivity (Wildman–Crippen MR) is 141 cm³/mol. The summed E-state index contributed by atoms with van der Waals surface area (Å²) in [5.41, 5.74) is 4.25. The van der Waals surface area contributed by atoms with Crippen LogP contribution >= 0.6 is 0 Å². The molecule has 0 aliphatic carbocycles. The molecule has 1 aromatic heterocycles. The van der Waals surface area contributed by atoms with E-state index in [0.29, 0.717) is 6.04 Å². The number of nitrogens with one attached hydrogen (secondary N) is 1. The Labute approximate surface area is 198 Å². The molecule has 0 fully saturated rings. The molecule has 0 radical (unpaired) electrons. The Hall–Kier alpha value is -1.61. The Bertz CT molecular complexity index is 719. The summed E-state index contributed by atoms with van der Waals surface area (Å²) in [6.45, 7) is 9.96. The highest BCUT2D eigenvalue weighted by atomic mass is 16.1. The van der Waals surface area contributed by atoms with E-state index in [1.165, 1.54) is 87.2 Å². The van der Waals surface area contributed by atoms with Gasteiger partial charge in [0.15, 0.2) is 0 Å². The summed E-state index contributed by atoms with van der Waals surface area (Å²) in [6.07, 6.45) is 17.3. The zero-order chi connectivity index (χ0) is 23.6. The molecule has 1 N–H and O–H groups in total. The summed E-state index contributed by atoms with van der Waals surface area (Å²) in [5.74, 6) is 0. The van der Waals surface area contributed by atoms with Crippen LogP contribution in [0.2, 0.25) is 0 Å². The van der Waals surface area contributed by atoms with Crippen molar-refractivity contribution >= 4 is 17.2 Å². The van der Waals surface area contributed by atoms with Gasteiger partial charge >= 0.3 is 0 Å². The number of para-hydroxylation sites is 1. The lowest BCUT2D eigenvalue weighted by Gasteiger charge is -2.27. The van der Waals surface area contributed by atoms with Crippen LogP contribution in [-0.4, -0.2) is 29.3 Å². The maximum absolute atomic E-state index is 9.94. The zero-order valence-corrected chi connectivity index (χ0v) is 21.7. The van der Waals surface area contributed by atoms with Crippen LogP contribution in [0, 0.1) is 0 Å². The number of carbonyl (C=O) groups excluding carboxylic acids is 1. The Kier molecular flexibility index (Phi) is 15.9. The van der Waals surface area contributed by atoms with Gasteiger partial charge in [-0.1, -0.05) is 90.3 Å². The van der Waals surface area contributed by atoms with Gasteiger partial charge in [0.2, 0.25) is 0 Å². The molecule has 0 amide bonds. The van der Waals surface area contributed by atoms with Crippen molar-refractivity contribution in [3.8, 4) is 0 Å². The van der Waals surface area contributed by atoms with Gasteiger partial charge in [-0.05, 0) is 51.3 Å². The van der Waals surface area contributed by atoms with Crippen LogP contribution in [0.5, 0.6) is 0 Å². The Morgan fingerprint density at radius 2 is 1.62 bits per heavy atom. The van der Waals surface area contributed by atoms with Crippen molar-refractivity contribution in [3.63, 3.8) is 0 Å². The molecule has 3 nitrogen and oxygen atoms in total. The summed E-state index contributed by atoms with van der Waals surface area (Å²) < 4.78 is 0. The standard InChI is InChI=1S/C15H20N2.C10H20O.C4H10/c1-11-6-5-8-13-12-7-3-4-9-14(12)16-15(13)10-17(11)2;1-2-3-4-5-6-7-8-9-10-11;1-3-4-2/h3-4,7,9,11,16H,5-6,8,10H2,1-2H3;10H,2-9H2,1H3;3-4H2,1-2H3. The lowest BCUT2D eigenvalue weighted by Crippen LogP contribution is -2.30. The Morgan fingerprint density at radius 1 is 0.969 bits per heavy atom. The van der Waals surface area contributed by atoms with Gasteiger partial charge in [-0.2, -0.15) is 0 Å². The summed E-state index contributed by atoms with van der Waals surface area (Å²) >= 11 is 0. The van der Waals surface area contributed by atoms with Crippen LogP contribution in [0.3, 0.4) is 0 Å². The average molecular weight is 443 g/mol. The van der Waals surface area contributed by atoms with Crippen LogP contribution in [0.4, 0.5) is 0 Å². The second kappa shape index (κ2) is 17.9. The fourth-order valence-electron chi connectivity index (χ4n) is 4.06. The van der Waals surface area contributed by atoms with Gasteiger partial charge in [-0.3, -0.25) is 4.90 Å². The van der Waals surface area contributed by atoms with Gasteiger partial charge in [-0.25, -0.2) is 0 Å². The maximum atomic E-state index is 9.94. The first-order chi connectivity index (χ1) is 15.6. The van der Waals surface area contributed by atoms with E-state index in [4.69, 9.17) is 0 Å². The minimum absolute atomic E-state index is 0.689. The molecule has 1 atom stereocenters. The van der Waals surface area contributed by atoms with Crippen molar-refractivity contribution in [3.05, 3.63) is 35.5 Å². The van der Waals surface area contributed by atoms with Crippen LogP contribution in [0.25, 0.3) is 10.9 Å². The molecule has 2 heterocycles. The van der Waals surface area contributed by atoms with E-state index < -0.39 is 0 Å². The van der Waals surface area contributed by atoms with Crippen molar-refractivity contribution in [2.24, 2.45) is 0 Å². The Morgan fingerprint density at radius 3 is 2.28 bits per heavy atom. The molecule has 1 aliphatic heterocycles. The molecule has 1 unspecified atom stereocenters. The van der Waals surface area contributed by atoms with Crippen LogP contribution < -0.4 is 0 Å². The summed E-state index contributed by atoms with van der Waals surface area (Å²) in [6, 6.07) is 9.37. The van der Waals surface area contributed by atoms with Gasteiger partial charge in [0.1, 0.15) is 6.29 Å². The van der Waals surface area contributed by atoms with E-state index in [1.807, 2.05) is 0 Å². The number of rotatable bonds is 9. The number of unbranched alkanes of at least 4 members (excludes halogenated alkanes) is 8. The van der Waals surface area contributed by atoms with Crippen molar-refractivity contribution in [2.45, 2.75) is 124 Å². The molecular weight excluding hydrogens is 392 g/mol. The molecule has 0 spiro atoms. The molecule has 0 saturated heterocycles. The fourth-order valence-corrected chi connectivity index (χ4v) is 4.06. The third-order valence-electron chi connectivity index (χ3n) is 6.54. The van der Waals surface area contributed by atoms with E-state index in [-0.39, 0.29) is 0 Å². The number of carbonyl (C=O) groups is 1. The first-order valence-electron chi connectivity index (χ1n) is 13.3. The summed E-state index contributed by atoms with van der Waals surface area (Å²) in [7, 11) is 2.23. The van der Waals surface area contributed by atoms with Crippen LogP contribution in [0.15, 0.2) is 24.3 Å².